The second kappa shape index (κ2) is 6.04. The minimum atomic E-state index is -0.413. The van der Waals surface area contributed by atoms with Crippen LogP contribution in [0.4, 0.5) is 0 Å². The number of carbonyl (C=O) groups excluding carboxylic acids is 1. The smallest absolute Gasteiger partial charge is 0.240 e. The highest BCUT2D eigenvalue weighted by Crippen LogP contribution is 2.17. The maximum Gasteiger partial charge on any atom is 0.240 e. The lowest BCUT2D eigenvalue weighted by atomic mass is 9.96. The van der Waals surface area contributed by atoms with Crippen molar-refractivity contribution < 1.29 is 4.79 Å². The zero-order valence-electron chi connectivity index (χ0n) is 11.3. The van der Waals surface area contributed by atoms with Gasteiger partial charge >= 0.3 is 0 Å². The van der Waals surface area contributed by atoms with Gasteiger partial charge in [-0.1, -0.05) is 26.3 Å². The molecule has 0 aliphatic rings. The minimum absolute atomic E-state index is 0.0155. The van der Waals surface area contributed by atoms with Crippen molar-refractivity contribution in [2.24, 2.45) is 11.7 Å². The van der Waals surface area contributed by atoms with E-state index >= 15 is 0 Å². The van der Waals surface area contributed by atoms with Crippen LogP contribution in [0.3, 0.4) is 0 Å². The predicted molar refractivity (Wildman–Crippen MR) is 69.1 cm³/mol. The summed E-state index contributed by atoms with van der Waals surface area (Å²) in [6.07, 6.45) is 2.66. The van der Waals surface area contributed by atoms with Crippen molar-refractivity contribution in [1.29, 1.82) is 0 Å². The van der Waals surface area contributed by atoms with E-state index in [0.29, 0.717) is 6.54 Å². The van der Waals surface area contributed by atoms with Gasteiger partial charge < -0.3 is 10.6 Å². The average molecular weight is 226 g/mol. The summed E-state index contributed by atoms with van der Waals surface area (Å²) in [5.74, 6) is 0.226. The molecule has 0 saturated carbocycles. The summed E-state index contributed by atoms with van der Waals surface area (Å²) in [4.78, 5) is 14.0. The molecule has 2 N–H and O–H groups in total. The molecule has 1 amide bonds. The van der Waals surface area contributed by atoms with Gasteiger partial charge in [-0.25, -0.2) is 0 Å². The second-order valence-corrected chi connectivity index (χ2v) is 5.32. The summed E-state index contributed by atoms with van der Waals surface area (Å²) in [5.41, 5.74) is 5.76. The molecule has 3 nitrogen and oxygen atoms in total. The zero-order chi connectivity index (χ0) is 12.9. The number of rotatable bonds is 5. The van der Waals surface area contributed by atoms with Gasteiger partial charge in [-0.3, -0.25) is 4.79 Å². The van der Waals surface area contributed by atoms with Gasteiger partial charge in [-0.05, 0) is 26.7 Å². The van der Waals surface area contributed by atoms with E-state index in [2.05, 4.69) is 6.58 Å². The Bertz CT molecular complexity index is 243. The Kier molecular flexibility index (Phi) is 5.73. The van der Waals surface area contributed by atoms with Crippen LogP contribution < -0.4 is 5.73 Å². The minimum Gasteiger partial charge on any atom is -0.333 e. The summed E-state index contributed by atoms with van der Waals surface area (Å²) < 4.78 is 0. The highest BCUT2D eigenvalue weighted by Gasteiger charge is 2.31. The van der Waals surface area contributed by atoms with Crippen molar-refractivity contribution in [3.8, 4) is 0 Å². The number of hydrogen-bond acceptors (Lipinski definition) is 2. The van der Waals surface area contributed by atoms with Gasteiger partial charge in [0.05, 0.1) is 6.04 Å². The lowest BCUT2D eigenvalue weighted by molar-refractivity contribution is -0.137. The lowest BCUT2D eigenvalue weighted by Crippen LogP contribution is -2.54. The van der Waals surface area contributed by atoms with Gasteiger partial charge in [-0.2, -0.15) is 0 Å². The van der Waals surface area contributed by atoms with Crippen LogP contribution in [-0.2, 0) is 4.79 Å². The van der Waals surface area contributed by atoms with Crippen LogP contribution in [0.2, 0.25) is 0 Å². The standard InChI is InChI=1S/C13H26N2O/c1-7-9-15(13(4,5)6)12(16)11(14)10(3)8-2/h7,10-11H,1,8-9,14H2,2-6H3/t10-,11-/m0/s1. The van der Waals surface area contributed by atoms with Crippen molar-refractivity contribution >= 4 is 5.91 Å². The molecule has 0 unspecified atom stereocenters. The molecule has 0 aromatic rings. The average Bonchev–Trinajstić information content (AvgIpc) is 2.21. The first-order valence-corrected chi connectivity index (χ1v) is 5.93. The lowest BCUT2D eigenvalue weighted by Gasteiger charge is -2.37. The molecule has 3 heteroatoms. The molecule has 0 rings (SSSR count). The zero-order valence-corrected chi connectivity index (χ0v) is 11.3. The monoisotopic (exact) mass is 226 g/mol. The number of nitrogens with zero attached hydrogens (tertiary/aromatic N) is 1. The maximum atomic E-state index is 12.2. The van der Waals surface area contributed by atoms with E-state index < -0.39 is 6.04 Å². The SMILES string of the molecule is C=CCN(C(=O)[C@@H](N)[C@@H](C)CC)C(C)(C)C. The molecule has 0 radical (unpaired) electrons. The van der Waals surface area contributed by atoms with Crippen molar-refractivity contribution in [3.63, 3.8) is 0 Å². The Morgan fingerprint density at radius 1 is 1.50 bits per heavy atom. The summed E-state index contributed by atoms with van der Waals surface area (Å²) in [7, 11) is 0. The van der Waals surface area contributed by atoms with Crippen LogP contribution in [0.1, 0.15) is 41.0 Å². The van der Waals surface area contributed by atoms with Crippen LogP contribution in [0.15, 0.2) is 12.7 Å². The second-order valence-electron chi connectivity index (χ2n) is 5.32. The fourth-order valence-electron chi connectivity index (χ4n) is 1.50. The molecule has 0 aromatic heterocycles. The number of nitrogens with two attached hydrogens (primary N) is 1. The third-order valence-electron chi connectivity index (χ3n) is 2.93. The van der Waals surface area contributed by atoms with E-state index in [1.54, 1.807) is 11.0 Å². The summed E-state index contributed by atoms with van der Waals surface area (Å²) in [6.45, 7) is 14.3. The van der Waals surface area contributed by atoms with E-state index in [9.17, 15) is 4.79 Å². The molecular formula is C13H26N2O. The third kappa shape index (κ3) is 3.97. The Hall–Kier alpha value is -0.830. The molecule has 0 bridgehead atoms. The topological polar surface area (TPSA) is 46.3 Å². The van der Waals surface area contributed by atoms with Crippen molar-refractivity contribution in [2.45, 2.75) is 52.6 Å². The molecule has 0 fully saturated rings. The highest BCUT2D eigenvalue weighted by atomic mass is 16.2. The van der Waals surface area contributed by atoms with Crippen molar-refractivity contribution in [3.05, 3.63) is 12.7 Å². The number of amides is 1. The van der Waals surface area contributed by atoms with Crippen LogP contribution in [0.25, 0.3) is 0 Å². The first kappa shape index (κ1) is 15.2. The summed E-state index contributed by atoms with van der Waals surface area (Å²) in [6, 6.07) is -0.413. The van der Waals surface area contributed by atoms with Crippen molar-refractivity contribution in [2.75, 3.05) is 6.54 Å². The Morgan fingerprint density at radius 3 is 2.31 bits per heavy atom. The summed E-state index contributed by atoms with van der Waals surface area (Å²) in [5, 5.41) is 0. The molecule has 0 aliphatic carbocycles. The van der Waals surface area contributed by atoms with E-state index in [1.165, 1.54) is 0 Å². The first-order chi connectivity index (χ1) is 7.25. The van der Waals surface area contributed by atoms with Gasteiger partial charge in [0.15, 0.2) is 0 Å². The van der Waals surface area contributed by atoms with Gasteiger partial charge in [0.1, 0.15) is 0 Å². The molecule has 0 heterocycles. The first-order valence-electron chi connectivity index (χ1n) is 5.93. The van der Waals surface area contributed by atoms with Crippen LogP contribution in [0, 0.1) is 5.92 Å². The Morgan fingerprint density at radius 2 is 2.00 bits per heavy atom. The number of carbonyl (C=O) groups is 1. The van der Waals surface area contributed by atoms with E-state index in [-0.39, 0.29) is 17.4 Å². The van der Waals surface area contributed by atoms with E-state index in [0.717, 1.165) is 6.42 Å². The number of hydrogen-bond donors (Lipinski definition) is 1. The van der Waals surface area contributed by atoms with Crippen LogP contribution in [0.5, 0.6) is 0 Å². The molecule has 94 valence electrons. The fraction of sp³-hybridized carbons (Fsp3) is 0.769. The molecule has 0 aromatic carbocycles. The molecule has 2 atom stereocenters. The largest absolute Gasteiger partial charge is 0.333 e. The summed E-state index contributed by atoms with van der Waals surface area (Å²) >= 11 is 0. The molecule has 0 spiro atoms. The normalized spacial score (nSPS) is 15.4. The van der Waals surface area contributed by atoms with Crippen molar-refractivity contribution in [1.82, 2.24) is 4.90 Å². The Balaban J connectivity index is 4.81. The highest BCUT2D eigenvalue weighted by molar-refractivity contribution is 5.82. The Labute approximate surface area is 99.7 Å². The maximum absolute atomic E-state index is 12.2. The molecule has 0 aliphatic heterocycles. The van der Waals surface area contributed by atoms with Gasteiger partial charge in [0.2, 0.25) is 5.91 Å². The van der Waals surface area contributed by atoms with E-state index in [1.807, 2.05) is 34.6 Å². The third-order valence-corrected chi connectivity index (χ3v) is 2.93. The molecular weight excluding hydrogens is 200 g/mol. The van der Waals surface area contributed by atoms with Gasteiger partial charge in [-0.15, -0.1) is 6.58 Å². The molecule has 0 saturated heterocycles. The van der Waals surface area contributed by atoms with E-state index in [4.69, 9.17) is 5.73 Å². The fourth-order valence-corrected chi connectivity index (χ4v) is 1.50. The van der Waals surface area contributed by atoms with Gasteiger partial charge in [0.25, 0.3) is 0 Å². The quantitative estimate of drug-likeness (QED) is 0.730. The van der Waals surface area contributed by atoms with Gasteiger partial charge in [0, 0.05) is 12.1 Å². The predicted octanol–water partition coefficient (Wildman–Crippen LogP) is 2.17. The van der Waals surface area contributed by atoms with Crippen LogP contribution >= 0.6 is 0 Å². The molecule has 16 heavy (non-hydrogen) atoms. The van der Waals surface area contributed by atoms with Crippen LogP contribution in [-0.4, -0.2) is 28.9 Å².